The van der Waals surface area contributed by atoms with Crippen LogP contribution in [0.15, 0.2) is 39.5 Å². The minimum Gasteiger partial charge on any atom is -0.481 e. The molecule has 2 aliphatic heterocycles. The van der Waals surface area contributed by atoms with Crippen molar-refractivity contribution < 1.29 is 56.9 Å². The van der Waals surface area contributed by atoms with Crippen molar-refractivity contribution in [1.82, 2.24) is 26.6 Å². The lowest BCUT2D eigenvalue weighted by Crippen LogP contribution is -2.58. The Balaban J connectivity index is 2.02. The summed E-state index contributed by atoms with van der Waals surface area (Å²) in [7, 11) is 0. The van der Waals surface area contributed by atoms with Crippen LogP contribution in [0.3, 0.4) is 0 Å². The third-order valence-electron chi connectivity index (χ3n) is 7.75. The van der Waals surface area contributed by atoms with Crippen LogP contribution in [0.25, 0.3) is 0 Å². The number of carboxylic acid groups (broad SMARTS) is 2. The zero-order valence-corrected chi connectivity index (χ0v) is 27.0. The van der Waals surface area contributed by atoms with Gasteiger partial charge in [-0.25, -0.2) is 0 Å². The Kier molecular flexibility index (Phi) is 13.0. The van der Waals surface area contributed by atoms with Crippen LogP contribution < -0.4 is 38.1 Å². The van der Waals surface area contributed by atoms with Gasteiger partial charge in [0.25, 0.3) is 0 Å². The third-order valence-corrected chi connectivity index (χ3v) is 7.75. The second kappa shape index (κ2) is 16.7. The molecular weight excluding hydrogens is 689 g/mol. The van der Waals surface area contributed by atoms with Crippen molar-refractivity contribution in [2.45, 2.75) is 87.5 Å². The summed E-state index contributed by atoms with van der Waals surface area (Å²) in [5, 5.41) is 36.5. The molecule has 2 aliphatic rings. The molecule has 1 aromatic carbocycles. The van der Waals surface area contributed by atoms with Crippen LogP contribution in [0.1, 0.15) is 50.2 Å². The van der Waals surface area contributed by atoms with Gasteiger partial charge in [0.1, 0.15) is 30.2 Å². The Morgan fingerprint density at radius 2 is 1.29 bits per heavy atom. The maximum Gasteiger partial charge on any atom is 0.442 e. The number of alkyl halides is 3. The number of carbonyl (C=O) groups excluding carboxylic acids is 5. The van der Waals surface area contributed by atoms with E-state index in [9.17, 15) is 56.9 Å². The lowest BCUT2D eigenvalue weighted by Gasteiger charge is -2.26. The van der Waals surface area contributed by atoms with Gasteiger partial charge in [-0.05, 0) is 31.7 Å². The number of aliphatic carboxylic acids is 2. The number of hydrogen-bond acceptors (Lipinski definition) is 10. The largest absolute Gasteiger partial charge is 0.481 e. The van der Waals surface area contributed by atoms with Gasteiger partial charge in [0, 0.05) is 24.9 Å². The highest BCUT2D eigenvalue weighted by Crippen LogP contribution is 2.52. The van der Waals surface area contributed by atoms with E-state index >= 15 is 0 Å². The molecule has 0 bridgehead atoms. The van der Waals surface area contributed by atoms with E-state index in [4.69, 9.17) is 11.5 Å². The molecule has 1 fully saturated rings. The first-order chi connectivity index (χ1) is 23.8. The van der Waals surface area contributed by atoms with Gasteiger partial charge in [-0.15, -0.1) is 10.2 Å². The normalized spacial score (nSPS) is 24.0. The summed E-state index contributed by atoms with van der Waals surface area (Å²) in [4.78, 5) is 93.4. The molecule has 2 heterocycles. The maximum atomic E-state index is 13.8. The van der Waals surface area contributed by atoms with Crippen LogP contribution in [0, 0.1) is 0 Å². The highest BCUT2D eigenvalue weighted by atomic mass is 19.4. The summed E-state index contributed by atoms with van der Waals surface area (Å²) < 4.78 is 40.5. The second-order valence-corrected chi connectivity index (χ2v) is 11.7. The van der Waals surface area contributed by atoms with Crippen LogP contribution in [0.4, 0.5) is 13.2 Å². The molecule has 0 saturated carbocycles. The lowest BCUT2D eigenvalue weighted by molar-refractivity contribution is -0.166. The Bertz CT molecular complexity index is 1580. The number of benzene rings is 1. The monoisotopic (exact) mass is 726 g/mol. The molecule has 278 valence electrons. The highest BCUT2D eigenvalue weighted by Gasteiger charge is 2.65. The number of carbonyl (C=O) groups is 7. The van der Waals surface area contributed by atoms with Crippen LogP contribution in [0.5, 0.6) is 0 Å². The number of halogens is 3. The van der Waals surface area contributed by atoms with Crippen molar-refractivity contribution in [3.05, 3.63) is 35.4 Å². The van der Waals surface area contributed by atoms with E-state index in [0.29, 0.717) is 0 Å². The first-order valence-electron chi connectivity index (χ1n) is 15.4. The van der Waals surface area contributed by atoms with Crippen molar-refractivity contribution in [3.8, 4) is 0 Å². The van der Waals surface area contributed by atoms with Gasteiger partial charge in [-0.1, -0.05) is 24.3 Å². The van der Waals surface area contributed by atoms with Gasteiger partial charge in [-0.2, -0.15) is 13.2 Å². The Morgan fingerprint density at radius 3 is 1.82 bits per heavy atom. The summed E-state index contributed by atoms with van der Waals surface area (Å²) in [5.41, 5.74) is 7.87. The van der Waals surface area contributed by atoms with Gasteiger partial charge in [0.15, 0.2) is 5.96 Å². The summed E-state index contributed by atoms with van der Waals surface area (Å²) in [5.74, 6) is -8.27. The topological polar surface area (TPSA) is 309 Å². The molecule has 1 aromatic rings. The molecule has 0 aromatic heterocycles. The van der Waals surface area contributed by atoms with Crippen molar-refractivity contribution in [3.63, 3.8) is 0 Å². The first kappa shape index (κ1) is 39.6. The second-order valence-electron chi connectivity index (χ2n) is 11.7. The molecule has 51 heavy (non-hydrogen) atoms. The molecule has 3 rings (SSSR count). The fraction of sp³-hybridized carbons (Fsp3) is 0.517. The first-order valence-corrected chi connectivity index (χ1v) is 15.4. The van der Waals surface area contributed by atoms with Crippen LogP contribution in [-0.2, 0) is 45.6 Å². The molecule has 0 unspecified atom stereocenters. The maximum absolute atomic E-state index is 13.8. The average molecular weight is 727 g/mol. The fourth-order valence-corrected chi connectivity index (χ4v) is 4.95. The molecule has 1 saturated heterocycles. The van der Waals surface area contributed by atoms with Crippen molar-refractivity contribution in [1.29, 1.82) is 0 Å². The number of hydrogen-bond donors (Lipinski definition) is 9. The van der Waals surface area contributed by atoms with Crippen LogP contribution >= 0.6 is 0 Å². The zero-order chi connectivity index (χ0) is 38.1. The molecule has 22 heteroatoms. The zero-order valence-electron chi connectivity index (χ0n) is 27.0. The van der Waals surface area contributed by atoms with E-state index in [1.165, 1.54) is 19.1 Å². The Labute approximate surface area is 287 Å². The number of nitrogens with one attached hydrogen (secondary N) is 5. The molecule has 0 aliphatic carbocycles. The summed E-state index contributed by atoms with van der Waals surface area (Å²) in [6.07, 6.45) is -7.31. The number of amides is 5. The van der Waals surface area contributed by atoms with Gasteiger partial charge < -0.3 is 48.3 Å². The van der Waals surface area contributed by atoms with Crippen molar-refractivity contribution >= 4 is 47.4 Å². The highest BCUT2D eigenvalue weighted by molar-refractivity contribution is 5.98. The van der Waals surface area contributed by atoms with Crippen LogP contribution in [-0.4, -0.2) is 101 Å². The van der Waals surface area contributed by atoms with E-state index in [-0.39, 0.29) is 42.9 Å². The standard InChI is InChI=1S/C29H37F3N10O9/c1-13-22(47)37-17(8-9-20(43)44)24(49)39-18(11-14-4-6-15(7-5-14)28(41-42-28)29(30,31)32)26(51)38-16(3-2-10-35-27(33)34)23(48)40-19(12-21(45)46)25(50)36-13/h4-7,13,16-19H,2-3,8-12H2,1H3,(H,36,50)(H,37,47)(H,38,51)(H,39,49)(H,40,48)(H,43,44)(H,45,46)(H4,33,34,35)/t13-,16-,17-,18-,19-/m0/s1. The van der Waals surface area contributed by atoms with E-state index in [1.54, 1.807) is 0 Å². The SMILES string of the molecule is C[C@@H]1NC(=O)[C@H](CC(=O)O)NC(=O)[C@H](CCCN=C(N)N)NC(=O)[C@H](Cc2ccc(C3(C(F)(F)F)N=N3)cc2)NC(=O)[C@H](CCC(=O)O)NC1=O. The van der Waals surface area contributed by atoms with E-state index in [1.807, 2.05) is 0 Å². The Morgan fingerprint density at radius 1 is 0.784 bits per heavy atom. The molecule has 5 atom stereocenters. The molecule has 11 N–H and O–H groups in total. The van der Waals surface area contributed by atoms with E-state index in [0.717, 1.165) is 12.1 Å². The number of guanidine groups is 1. The third kappa shape index (κ3) is 11.1. The summed E-state index contributed by atoms with van der Waals surface area (Å²) in [6.45, 7) is 1.17. The van der Waals surface area contributed by atoms with Crippen LogP contribution in [0.2, 0.25) is 0 Å². The lowest BCUT2D eigenvalue weighted by atomic mass is 9.98. The minimum absolute atomic E-state index is 0.0118. The number of aliphatic imine (C=N–C) groups is 1. The van der Waals surface area contributed by atoms with Gasteiger partial charge >= 0.3 is 23.8 Å². The average Bonchev–Trinajstić information content (AvgIpc) is 3.85. The smallest absolute Gasteiger partial charge is 0.442 e. The van der Waals surface area contributed by atoms with E-state index in [2.05, 4.69) is 41.8 Å². The summed E-state index contributed by atoms with van der Waals surface area (Å²) in [6, 6.07) is -3.17. The molecule has 5 amide bonds. The summed E-state index contributed by atoms with van der Waals surface area (Å²) >= 11 is 0. The number of nitrogens with zero attached hydrogens (tertiary/aromatic N) is 3. The number of rotatable bonds is 12. The molecule has 0 radical (unpaired) electrons. The fourth-order valence-electron chi connectivity index (χ4n) is 4.95. The molecular formula is C29H37F3N10O9. The van der Waals surface area contributed by atoms with Crippen molar-refractivity contribution in [2.24, 2.45) is 26.7 Å². The van der Waals surface area contributed by atoms with Gasteiger partial charge in [0.2, 0.25) is 29.5 Å². The Hall–Kier alpha value is -5.83. The molecule has 19 nitrogen and oxygen atoms in total. The number of carboxylic acids is 2. The van der Waals surface area contributed by atoms with Gasteiger partial charge in [-0.3, -0.25) is 38.6 Å². The van der Waals surface area contributed by atoms with Gasteiger partial charge in [0.05, 0.1) is 6.42 Å². The predicted octanol–water partition coefficient (Wildman–Crippen LogP) is -1.74. The predicted molar refractivity (Wildman–Crippen MR) is 167 cm³/mol. The van der Waals surface area contributed by atoms with E-state index < -0.39 is 103 Å². The molecule has 0 spiro atoms. The van der Waals surface area contributed by atoms with Crippen molar-refractivity contribution in [2.75, 3.05) is 6.54 Å². The quantitative estimate of drug-likeness (QED) is 0.0662. The number of nitrogens with two attached hydrogens (primary N) is 2. The minimum atomic E-state index is -4.81.